The first-order chi connectivity index (χ1) is 8.75. The molecule has 1 aromatic heterocycles. The highest BCUT2D eigenvalue weighted by molar-refractivity contribution is 5.69. The molecule has 1 aromatic rings. The van der Waals surface area contributed by atoms with Crippen molar-refractivity contribution in [2.24, 2.45) is 0 Å². The van der Waals surface area contributed by atoms with Gasteiger partial charge in [-0.2, -0.15) is 13.2 Å². The maximum Gasteiger partial charge on any atom is 0.416 e. The molecule has 0 aromatic carbocycles. The molecule has 0 aliphatic carbocycles. The number of carbonyl (C=O) groups is 1. The van der Waals surface area contributed by atoms with Gasteiger partial charge in [0, 0.05) is 6.20 Å². The van der Waals surface area contributed by atoms with Crippen LogP contribution in [0.3, 0.4) is 0 Å². The number of aliphatic hydroxyl groups excluding tert-OH is 2. The molecule has 0 fully saturated rings. The van der Waals surface area contributed by atoms with Crippen LogP contribution in [0.4, 0.5) is 13.2 Å². The number of rotatable bonds is 4. The van der Waals surface area contributed by atoms with Crippen molar-refractivity contribution < 1.29 is 32.9 Å². The van der Waals surface area contributed by atoms with E-state index in [9.17, 15) is 28.2 Å². The van der Waals surface area contributed by atoms with E-state index in [0.29, 0.717) is 6.07 Å². The minimum Gasteiger partial charge on any atom is -0.469 e. The van der Waals surface area contributed by atoms with E-state index in [0.717, 1.165) is 19.4 Å². The number of hydrogen-bond donors (Lipinski definition) is 2. The van der Waals surface area contributed by atoms with Gasteiger partial charge in [-0.25, -0.2) is 0 Å². The number of pyridine rings is 1. The lowest BCUT2D eigenvalue weighted by molar-refractivity contribution is -0.145. The van der Waals surface area contributed by atoms with E-state index < -0.39 is 36.3 Å². The number of hydrogen-bond acceptors (Lipinski definition) is 5. The van der Waals surface area contributed by atoms with E-state index in [1.54, 1.807) is 0 Å². The third-order valence-electron chi connectivity index (χ3n) is 2.38. The first-order valence-corrected chi connectivity index (χ1v) is 5.21. The molecular formula is C11H12F3NO4. The Kier molecular flexibility index (Phi) is 4.84. The Labute approximate surface area is 106 Å². The summed E-state index contributed by atoms with van der Waals surface area (Å²) in [4.78, 5) is 14.4. The van der Waals surface area contributed by atoms with Gasteiger partial charge in [-0.15, -0.1) is 0 Å². The van der Waals surface area contributed by atoms with Gasteiger partial charge in [-0.3, -0.25) is 9.78 Å². The molecular weight excluding hydrogens is 267 g/mol. The van der Waals surface area contributed by atoms with Crippen LogP contribution in [-0.4, -0.2) is 34.4 Å². The highest BCUT2D eigenvalue weighted by Crippen LogP contribution is 2.30. The van der Waals surface area contributed by atoms with Crippen molar-refractivity contribution >= 4 is 5.97 Å². The molecule has 2 N–H and O–H groups in total. The first kappa shape index (κ1) is 15.4. The minimum absolute atomic E-state index is 0.369. The third kappa shape index (κ3) is 4.18. The fraction of sp³-hybridized carbons (Fsp3) is 0.455. The SMILES string of the molecule is COC(=O)CC(O)C(O)c1cc(C(F)(F)F)ccn1. The molecule has 19 heavy (non-hydrogen) atoms. The highest BCUT2D eigenvalue weighted by Gasteiger charge is 2.32. The van der Waals surface area contributed by atoms with Gasteiger partial charge in [0.15, 0.2) is 0 Å². The van der Waals surface area contributed by atoms with Gasteiger partial charge in [0.25, 0.3) is 0 Å². The molecule has 1 rings (SSSR count). The summed E-state index contributed by atoms with van der Waals surface area (Å²) in [7, 11) is 1.09. The zero-order chi connectivity index (χ0) is 14.6. The van der Waals surface area contributed by atoms with Crippen LogP contribution < -0.4 is 0 Å². The number of esters is 1. The first-order valence-electron chi connectivity index (χ1n) is 5.21. The number of alkyl halides is 3. The smallest absolute Gasteiger partial charge is 0.416 e. The van der Waals surface area contributed by atoms with Gasteiger partial charge in [-0.1, -0.05) is 0 Å². The standard InChI is InChI=1S/C11H12F3NO4/c1-19-9(17)5-8(16)10(18)7-4-6(2-3-15-7)11(12,13)14/h2-4,8,10,16,18H,5H2,1H3. The number of nitrogens with zero attached hydrogens (tertiary/aromatic N) is 1. The predicted molar refractivity (Wildman–Crippen MR) is 56.8 cm³/mol. The molecule has 0 saturated heterocycles. The number of carbonyl (C=O) groups excluding carboxylic acids is 1. The summed E-state index contributed by atoms with van der Waals surface area (Å²) < 4.78 is 41.6. The van der Waals surface area contributed by atoms with E-state index >= 15 is 0 Å². The van der Waals surface area contributed by atoms with Crippen LogP contribution in [0.5, 0.6) is 0 Å². The largest absolute Gasteiger partial charge is 0.469 e. The molecule has 106 valence electrons. The maximum absolute atomic E-state index is 12.5. The fourth-order valence-electron chi connectivity index (χ4n) is 1.35. The Bertz CT molecular complexity index is 450. The molecule has 1 heterocycles. The van der Waals surface area contributed by atoms with Crippen molar-refractivity contribution in [1.82, 2.24) is 4.98 Å². The van der Waals surface area contributed by atoms with Crippen molar-refractivity contribution in [3.63, 3.8) is 0 Å². The number of aromatic nitrogens is 1. The molecule has 5 nitrogen and oxygen atoms in total. The monoisotopic (exact) mass is 279 g/mol. The van der Waals surface area contributed by atoms with E-state index in [2.05, 4.69) is 9.72 Å². The molecule has 2 unspecified atom stereocenters. The van der Waals surface area contributed by atoms with Crippen LogP contribution in [0.15, 0.2) is 18.3 Å². The molecule has 0 saturated carbocycles. The van der Waals surface area contributed by atoms with Crippen molar-refractivity contribution in [1.29, 1.82) is 0 Å². The molecule has 0 aliphatic heterocycles. The lowest BCUT2D eigenvalue weighted by atomic mass is 10.1. The van der Waals surface area contributed by atoms with Gasteiger partial charge in [-0.05, 0) is 12.1 Å². The number of aliphatic hydroxyl groups is 2. The Hall–Kier alpha value is -1.67. The van der Waals surface area contributed by atoms with E-state index in [1.807, 2.05) is 0 Å². The van der Waals surface area contributed by atoms with Crippen LogP contribution in [0.2, 0.25) is 0 Å². The number of halogens is 3. The summed E-state index contributed by atoms with van der Waals surface area (Å²) in [6.07, 6.45) is -7.56. The molecule has 0 radical (unpaired) electrons. The van der Waals surface area contributed by atoms with Gasteiger partial charge >= 0.3 is 12.1 Å². The number of methoxy groups -OCH3 is 1. The van der Waals surface area contributed by atoms with E-state index in [4.69, 9.17) is 0 Å². The average Bonchev–Trinajstić information content (AvgIpc) is 2.36. The fourth-order valence-corrected chi connectivity index (χ4v) is 1.35. The summed E-state index contributed by atoms with van der Waals surface area (Å²) >= 11 is 0. The molecule has 8 heteroatoms. The number of ether oxygens (including phenoxy) is 1. The second kappa shape index (κ2) is 5.98. The third-order valence-corrected chi connectivity index (χ3v) is 2.38. The van der Waals surface area contributed by atoms with Gasteiger partial charge < -0.3 is 14.9 Å². The lowest BCUT2D eigenvalue weighted by Gasteiger charge is -2.17. The highest BCUT2D eigenvalue weighted by atomic mass is 19.4. The van der Waals surface area contributed by atoms with Crippen LogP contribution >= 0.6 is 0 Å². The quantitative estimate of drug-likeness (QED) is 0.806. The second-order valence-corrected chi connectivity index (χ2v) is 3.76. The summed E-state index contributed by atoms with van der Waals surface area (Å²) in [6, 6.07) is 1.36. The molecule has 2 atom stereocenters. The molecule has 0 aliphatic rings. The molecule has 0 spiro atoms. The van der Waals surface area contributed by atoms with Crippen molar-refractivity contribution in [3.05, 3.63) is 29.6 Å². The Balaban J connectivity index is 2.88. The van der Waals surface area contributed by atoms with Gasteiger partial charge in [0.2, 0.25) is 0 Å². The van der Waals surface area contributed by atoms with E-state index in [1.165, 1.54) is 0 Å². The average molecular weight is 279 g/mol. The molecule has 0 amide bonds. The van der Waals surface area contributed by atoms with E-state index in [-0.39, 0.29) is 5.69 Å². The zero-order valence-electron chi connectivity index (χ0n) is 9.89. The van der Waals surface area contributed by atoms with Crippen LogP contribution in [-0.2, 0) is 15.7 Å². The normalized spacial score (nSPS) is 14.8. The van der Waals surface area contributed by atoms with Gasteiger partial charge in [0.05, 0.1) is 30.9 Å². The van der Waals surface area contributed by atoms with Crippen molar-refractivity contribution in [2.75, 3.05) is 7.11 Å². The lowest BCUT2D eigenvalue weighted by Crippen LogP contribution is -2.23. The Morgan fingerprint density at radius 2 is 2.11 bits per heavy atom. The van der Waals surface area contributed by atoms with Crippen LogP contribution in [0, 0.1) is 0 Å². The Morgan fingerprint density at radius 1 is 1.47 bits per heavy atom. The second-order valence-electron chi connectivity index (χ2n) is 3.76. The summed E-state index contributed by atoms with van der Waals surface area (Å²) in [5.74, 6) is -0.793. The van der Waals surface area contributed by atoms with Crippen LogP contribution in [0.1, 0.15) is 23.8 Å². The summed E-state index contributed by atoms with van der Waals surface area (Å²) in [5, 5.41) is 19.1. The predicted octanol–water partition coefficient (Wildman–Crippen LogP) is 1.06. The topological polar surface area (TPSA) is 79.7 Å². The minimum atomic E-state index is -4.58. The zero-order valence-corrected chi connectivity index (χ0v) is 9.89. The maximum atomic E-state index is 12.5. The Morgan fingerprint density at radius 3 is 2.63 bits per heavy atom. The summed E-state index contributed by atoms with van der Waals surface area (Å²) in [5.41, 5.74) is -1.37. The van der Waals surface area contributed by atoms with Crippen molar-refractivity contribution in [3.8, 4) is 0 Å². The van der Waals surface area contributed by atoms with Gasteiger partial charge in [0.1, 0.15) is 6.10 Å². The van der Waals surface area contributed by atoms with Crippen LogP contribution in [0.25, 0.3) is 0 Å². The van der Waals surface area contributed by atoms with Crippen molar-refractivity contribution in [2.45, 2.75) is 24.8 Å². The summed E-state index contributed by atoms with van der Waals surface area (Å²) in [6.45, 7) is 0. The molecule has 0 bridgehead atoms.